The van der Waals surface area contributed by atoms with Gasteiger partial charge in [-0.2, -0.15) is 0 Å². The van der Waals surface area contributed by atoms with Crippen LogP contribution >= 0.6 is 0 Å². The molecule has 0 aliphatic carbocycles. The predicted molar refractivity (Wildman–Crippen MR) is 47.8 cm³/mol. The Morgan fingerprint density at radius 3 is 2.69 bits per heavy atom. The molecule has 0 unspecified atom stereocenters. The first-order chi connectivity index (χ1) is 6.27. The quantitative estimate of drug-likeness (QED) is 0.658. The molecule has 1 rings (SSSR count). The second-order valence-electron chi connectivity index (χ2n) is 2.63. The summed E-state index contributed by atoms with van der Waals surface area (Å²) in [5.74, 6) is 0.450. The third-order valence-corrected chi connectivity index (χ3v) is 1.61. The van der Waals surface area contributed by atoms with Crippen LogP contribution in [0, 0.1) is 0 Å². The molecular formula is C9H12N2O2. The Bertz CT molecular complexity index is 282. The lowest BCUT2D eigenvalue weighted by atomic mass is 10.2. The smallest absolute Gasteiger partial charge is 0.233 e. The van der Waals surface area contributed by atoms with Gasteiger partial charge in [-0.3, -0.25) is 4.79 Å². The fourth-order valence-corrected chi connectivity index (χ4v) is 0.933. The average Bonchev–Trinajstić information content (AvgIpc) is 2.18. The third-order valence-electron chi connectivity index (χ3n) is 1.61. The summed E-state index contributed by atoms with van der Waals surface area (Å²) in [7, 11) is 1.51. The molecule has 1 heterocycles. The Morgan fingerprint density at radius 2 is 2.23 bits per heavy atom. The SMILES string of the molecule is CCCC(=O)c1ccc(OC)nn1. The van der Waals surface area contributed by atoms with Gasteiger partial charge in [0.2, 0.25) is 5.88 Å². The van der Waals surface area contributed by atoms with Gasteiger partial charge >= 0.3 is 0 Å². The van der Waals surface area contributed by atoms with Crippen LogP contribution in [-0.4, -0.2) is 23.1 Å². The lowest BCUT2D eigenvalue weighted by Crippen LogP contribution is -2.03. The van der Waals surface area contributed by atoms with Crippen molar-refractivity contribution in [1.29, 1.82) is 0 Å². The third kappa shape index (κ3) is 2.50. The minimum atomic E-state index is 0.0256. The molecule has 0 fully saturated rings. The van der Waals surface area contributed by atoms with Crippen LogP contribution in [0.1, 0.15) is 30.3 Å². The van der Waals surface area contributed by atoms with E-state index in [0.717, 1.165) is 6.42 Å². The van der Waals surface area contributed by atoms with E-state index in [4.69, 9.17) is 4.74 Å². The first kappa shape index (κ1) is 9.64. The van der Waals surface area contributed by atoms with Gasteiger partial charge in [-0.15, -0.1) is 10.2 Å². The van der Waals surface area contributed by atoms with Crippen LogP contribution in [0.15, 0.2) is 12.1 Å². The zero-order valence-electron chi connectivity index (χ0n) is 7.78. The molecule has 0 aliphatic rings. The van der Waals surface area contributed by atoms with Gasteiger partial charge in [-0.25, -0.2) is 0 Å². The minimum absolute atomic E-state index is 0.0256. The number of ether oxygens (including phenoxy) is 1. The van der Waals surface area contributed by atoms with E-state index < -0.39 is 0 Å². The van der Waals surface area contributed by atoms with Gasteiger partial charge in [0.1, 0.15) is 5.69 Å². The summed E-state index contributed by atoms with van der Waals surface area (Å²) >= 11 is 0. The molecule has 0 spiro atoms. The van der Waals surface area contributed by atoms with E-state index in [1.54, 1.807) is 12.1 Å². The Hall–Kier alpha value is -1.45. The number of methoxy groups -OCH3 is 1. The van der Waals surface area contributed by atoms with Crippen molar-refractivity contribution in [3.05, 3.63) is 17.8 Å². The Morgan fingerprint density at radius 1 is 1.46 bits per heavy atom. The summed E-state index contributed by atoms with van der Waals surface area (Å²) in [5.41, 5.74) is 0.405. The molecule has 0 saturated carbocycles. The first-order valence-corrected chi connectivity index (χ1v) is 4.19. The van der Waals surface area contributed by atoms with Crippen LogP contribution in [0.3, 0.4) is 0 Å². The first-order valence-electron chi connectivity index (χ1n) is 4.19. The maximum atomic E-state index is 11.3. The second-order valence-corrected chi connectivity index (χ2v) is 2.63. The number of Topliss-reactive ketones (excluding diaryl/α,β-unsaturated/α-hetero) is 1. The van der Waals surface area contributed by atoms with E-state index in [0.29, 0.717) is 18.0 Å². The Balaban J connectivity index is 2.74. The molecule has 70 valence electrons. The van der Waals surface area contributed by atoms with Crippen LogP contribution in [0.2, 0.25) is 0 Å². The van der Waals surface area contributed by atoms with Crippen molar-refractivity contribution in [2.24, 2.45) is 0 Å². The minimum Gasteiger partial charge on any atom is -0.480 e. The zero-order chi connectivity index (χ0) is 9.68. The van der Waals surface area contributed by atoms with Crippen molar-refractivity contribution in [3.63, 3.8) is 0 Å². The molecule has 1 aromatic heterocycles. The summed E-state index contributed by atoms with van der Waals surface area (Å²) in [4.78, 5) is 11.3. The van der Waals surface area contributed by atoms with Crippen molar-refractivity contribution in [2.45, 2.75) is 19.8 Å². The summed E-state index contributed by atoms with van der Waals surface area (Å²) in [6, 6.07) is 3.26. The van der Waals surface area contributed by atoms with E-state index in [9.17, 15) is 4.79 Å². The van der Waals surface area contributed by atoms with Gasteiger partial charge in [0, 0.05) is 12.5 Å². The van der Waals surface area contributed by atoms with E-state index in [1.165, 1.54) is 7.11 Å². The number of hydrogen-bond donors (Lipinski definition) is 0. The number of hydrogen-bond acceptors (Lipinski definition) is 4. The number of rotatable bonds is 4. The van der Waals surface area contributed by atoms with Crippen LogP contribution in [0.4, 0.5) is 0 Å². The van der Waals surface area contributed by atoms with Crippen LogP contribution in [0.25, 0.3) is 0 Å². The van der Waals surface area contributed by atoms with Gasteiger partial charge < -0.3 is 4.74 Å². The number of nitrogens with zero attached hydrogens (tertiary/aromatic N) is 2. The zero-order valence-corrected chi connectivity index (χ0v) is 7.78. The van der Waals surface area contributed by atoms with E-state index >= 15 is 0 Å². The van der Waals surface area contributed by atoms with Crippen molar-refractivity contribution in [3.8, 4) is 5.88 Å². The molecule has 13 heavy (non-hydrogen) atoms. The maximum absolute atomic E-state index is 11.3. The summed E-state index contributed by atoms with van der Waals surface area (Å²) in [6.07, 6.45) is 1.34. The highest BCUT2D eigenvalue weighted by Crippen LogP contribution is 2.06. The molecule has 0 radical (unpaired) electrons. The van der Waals surface area contributed by atoms with Gasteiger partial charge in [0.05, 0.1) is 7.11 Å². The van der Waals surface area contributed by atoms with Gasteiger partial charge in [0.15, 0.2) is 5.78 Å². The molecule has 0 N–H and O–H groups in total. The van der Waals surface area contributed by atoms with Crippen LogP contribution in [-0.2, 0) is 0 Å². The average molecular weight is 180 g/mol. The van der Waals surface area contributed by atoms with E-state index in [-0.39, 0.29) is 5.78 Å². The standard InChI is InChI=1S/C9H12N2O2/c1-3-4-8(12)7-5-6-9(13-2)11-10-7/h5-6H,3-4H2,1-2H3. The topological polar surface area (TPSA) is 52.1 Å². The Kier molecular flexibility index (Phi) is 3.37. The molecule has 0 bridgehead atoms. The summed E-state index contributed by atoms with van der Waals surface area (Å²) < 4.78 is 4.82. The molecule has 4 heteroatoms. The van der Waals surface area contributed by atoms with Crippen molar-refractivity contribution < 1.29 is 9.53 Å². The number of aromatic nitrogens is 2. The molecule has 4 nitrogen and oxygen atoms in total. The van der Waals surface area contributed by atoms with E-state index in [1.807, 2.05) is 6.92 Å². The molecule has 1 aromatic rings. The lowest BCUT2D eigenvalue weighted by molar-refractivity contribution is 0.0975. The van der Waals surface area contributed by atoms with Gasteiger partial charge in [-0.1, -0.05) is 6.92 Å². The number of carbonyl (C=O) groups is 1. The number of ketones is 1. The highest BCUT2D eigenvalue weighted by atomic mass is 16.5. The van der Waals surface area contributed by atoms with Crippen LogP contribution < -0.4 is 4.74 Å². The highest BCUT2D eigenvalue weighted by Gasteiger charge is 2.06. The van der Waals surface area contributed by atoms with Crippen LogP contribution in [0.5, 0.6) is 5.88 Å². The molecule has 0 saturated heterocycles. The normalized spacial score (nSPS) is 9.69. The second kappa shape index (κ2) is 4.54. The molecule has 0 atom stereocenters. The summed E-state index contributed by atoms with van der Waals surface area (Å²) in [6.45, 7) is 1.95. The van der Waals surface area contributed by atoms with Crippen molar-refractivity contribution in [1.82, 2.24) is 10.2 Å². The fourth-order valence-electron chi connectivity index (χ4n) is 0.933. The predicted octanol–water partition coefficient (Wildman–Crippen LogP) is 1.47. The largest absolute Gasteiger partial charge is 0.480 e. The maximum Gasteiger partial charge on any atom is 0.233 e. The van der Waals surface area contributed by atoms with Crippen molar-refractivity contribution in [2.75, 3.05) is 7.11 Å². The monoisotopic (exact) mass is 180 g/mol. The lowest BCUT2D eigenvalue weighted by Gasteiger charge is -1.98. The molecular weight excluding hydrogens is 168 g/mol. The van der Waals surface area contributed by atoms with Gasteiger partial charge in [-0.05, 0) is 12.5 Å². The molecule has 0 aliphatic heterocycles. The summed E-state index contributed by atoms with van der Waals surface area (Å²) in [5, 5.41) is 7.45. The van der Waals surface area contributed by atoms with E-state index in [2.05, 4.69) is 10.2 Å². The molecule has 0 aromatic carbocycles. The number of carbonyl (C=O) groups excluding carboxylic acids is 1. The van der Waals surface area contributed by atoms with Gasteiger partial charge in [0.25, 0.3) is 0 Å². The highest BCUT2D eigenvalue weighted by molar-refractivity contribution is 5.93. The molecule has 0 amide bonds. The fraction of sp³-hybridized carbons (Fsp3) is 0.444. The van der Waals surface area contributed by atoms with Crippen molar-refractivity contribution >= 4 is 5.78 Å². The Labute approximate surface area is 76.9 Å².